The van der Waals surface area contributed by atoms with Gasteiger partial charge < -0.3 is 9.47 Å². The summed E-state index contributed by atoms with van der Waals surface area (Å²) in [6.45, 7) is 9.27. The quantitative estimate of drug-likeness (QED) is 0.806. The van der Waals surface area contributed by atoms with E-state index in [4.69, 9.17) is 0 Å². The summed E-state index contributed by atoms with van der Waals surface area (Å²) < 4.78 is 2.19. The second-order valence-corrected chi connectivity index (χ2v) is 6.80. The van der Waals surface area contributed by atoms with Crippen molar-refractivity contribution in [2.45, 2.75) is 53.0 Å². The van der Waals surface area contributed by atoms with Crippen molar-refractivity contribution in [2.24, 2.45) is 0 Å². The van der Waals surface area contributed by atoms with E-state index >= 15 is 0 Å². The van der Waals surface area contributed by atoms with E-state index in [2.05, 4.69) is 56.5 Å². The van der Waals surface area contributed by atoms with Crippen molar-refractivity contribution >= 4 is 5.91 Å². The molecule has 2 aromatic rings. The van der Waals surface area contributed by atoms with E-state index in [-0.39, 0.29) is 5.91 Å². The fourth-order valence-corrected chi connectivity index (χ4v) is 3.70. The van der Waals surface area contributed by atoms with Gasteiger partial charge in [0.25, 0.3) is 5.91 Å². The third-order valence-corrected chi connectivity index (χ3v) is 4.99. The number of rotatable bonds is 2. The summed E-state index contributed by atoms with van der Waals surface area (Å²) in [6, 6.07) is 10.8. The molecule has 0 saturated carbocycles. The summed E-state index contributed by atoms with van der Waals surface area (Å²) in [5.74, 6) is 0.184. The zero-order chi connectivity index (χ0) is 16.6. The Hall–Kier alpha value is -2.03. The molecular formula is C20H26N2O. The van der Waals surface area contributed by atoms with Crippen molar-refractivity contribution in [2.75, 3.05) is 6.54 Å². The molecule has 0 spiro atoms. The monoisotopic (exact) mass is 310 g/mol. The maximum Gasteiger partial charge on any atom is 0.255 e. The number of piperidine rings is 1. The van der Waals surface area contributed by atoms with Gasteiger partial charge in [0.15, 0.2) is 0 Å². The summed E-state index contributed by atoms with van der Waals surface area (Å²) in [7, 11) is 0. The Labute approximate surface area is 138 Å². The first-order valence-electron chi connectivity index (χ1n) is 8.56. The Morgan fingerprint density at radius 2 is 1.91 bits per heavy atom. The van der Waals surface area contributed by atoms with Crippen LogP contribution in [0.25, 0.3) is 5.69 Å². The van der Waals surface area contributed by atoms with Crippen LogP contribution in [0.3, 0.4) is 0 Å². The molecule has 1 aromatic heterocycles. The molecular weight excluding hydrogens is 284 g/mol. The molecule has 1 aliphatic heterocycles. The molecule has 0 aliphatic carbocycles. The lowest BCUT2D eigenvalue weighted by molar-refractivity contribution is 0.0635. The lowest BCUT2D eigenvalue weighted by Gasteiger charge is -2.33. The van der Waals surface area contributed by atoms with E-state index in [1.807, 2.05) is 11.0 Å². The van der Waals surface area contributed by atoms with Crippen molar-refractivity contribution in [3.05, 3.63) is 52.8 Å². The molecule has 2 heterocycles. The summed E-state index contributed by atoms with van der Waals surface area (Å²) >= 11 is 0. The minimum Gasteiger partial charge on any atom is -0.336 e. The minimum absolute atomic E-state index is 0.184. The fourth-order valence-electron chi connectivity index (χ4n) is 3.70. The molecule has 1 atom stereocenters. The Kier molecular flexibility index (Phi) is 4.29. The van der Waals surface area contributed by atoms with Crippen LogP contribution < -0.4 is 0 Å². The maximum atomic E-state index is 13.0. The first kappa shape index (κ1) is 15.9. The number of aromatic nitrogens is 1. The summed E-state index contributed by atoms with van der Waals surface area (Å²) in [5.41, 5.74) is 5.35. The number of carbonyl (C=O) groups excluding carboxylic acids is 1. The topological polar surface area (TPSA) is 25.2 Å². The van der Waals surface area contributed by atoms with Gasteiger partial charge >= 0.3 is 0 Å². The van der Waals surface area contributed by atoms with Crippen LogP contribution in [0.1, 0.15) is 53.5 Å². The third kappa shape index (κ3) is 2.92. The molecule has 122 valence electrons. The standard InChI is InChI=1S/C20H26N2O/c1-14-8-7-10-18(12-14)22-16(3)13-19(17(22)4)20(23)21-11-6-5-9-15(21)2/h7-8,10,12-13,15H,5-6,9,11H2,1-4H3. The average Bonchev–Trinajstić information content (AvgIpc) is 2.82. The van der Waals surface area contributed by atoms with Crippen molar-refractivity contribution in [1.29, 1.82) is 0 Å². The predicted molar refractivity (Wildman–Crippen MR) is 94.3 cm³/mol. The highest BCUT2D eigenvalue weighted by Gasteiger charge is 2.27. The zero-order valence-corrected chi connectivity index (χ0v) is 14.6. The van der Waals surface area contributed by atoms with Gasteiger partial charge in [0.05, 0.1) is 5.56 Å². The van der Waals surface area contributed by atoms with E-state index < -0.39 is 0 Å². The molecule has 0 bridgehead atoms. The van der Waals surface area contributed by atoms with Gasteiger partial charge in [-0.15, -0.1) is 0 Å². The summed E-state index contributed by atoms with van der Waals surface area (Å²) in [5, 5.41) is 0. The molecule has 0 radical (unpaired) electrons. The van der Waals surface area contributed by atoms with E-state index in [0.29, 0.717) is 6.04 Å². The molecule has 3 heteroatoms. The van der Waals surface area contributed by atoms with Gasteiger partial charge in [-0.3, -0.25) is 4.79 Å². The number of benzene rings is 1. The van der Waals surface area contributed by atoms with Crippen LogP contribution in [0.15, 0.2) is 30.3 Å². The van der Waals surface area contributed by atoms with Gasteiger partial charge in [-0.2, -0.15) is 0 Å². The average molecular weight is 310 g/mol. The first-order chi connectivity index (χ1) is 11.0. The second kappa shape index (κ2) is 6.23. The van der Waals surface area contributed by atoms with Crippen molar-refractivity contribution < 1.29 is 4.79 Å². The van der Waals surface area contributed by atoms with E-state index in [9.17, 15) is 4.79 Å². The molecule has 23 heavy (non-hydrogen) atoms. The third-order valence-electron chi connectivity index (χ3n) is 4.99. The molecule has 1 aliphatic rings. The molecule has 3 rings (SSSR count). The SMILES string of the molecule is Cc1cccc(-n2c(C)cc(C(=O)N3CCCCC3C)c2C)c1. The van der Waals surface area contributed by atoms with Crippen LogP contribution in [-0.2, 0) is 0 Å². The van der Waals surface area contributed by atoms with Gasteiger partial charge in [0, 0.05) is 29.7 Å². The molecule has 1 aromatic carbocycles. The van der Waals surface area contributed by atoms with Crippen molar-refractivity contribution in [3.63, 3.8) is 0 Å². The first-order valence-corrected chi connectivity index (χ1v) is 8.56. The Morgan fingerprint density at radius 3 is 2.61 bits per heavy atom. The van der Waals surface area contributed by atoms with Crippen molar-refractivity contribution in [1.82, 2.24) is 9.47 Å². The van der Waals surface area contributed by atoms with Crippen LogP contribution in [-0.4, -0.2) is 28.0 Å². The minimum atomic E-state index is 0.184. The summed E-state index contributed by atoms with van der Waals surface area (Å²) in [4.78, 5) is 15.1. The molecule has 3 nitrogen and oxygen atoms in total. The number of amides is 1. The smallest absolute Gasteiger partial charge is 0.255 e. The van der Waals surface area contributed by atoms with Gasteiger partial charge in [0.1, 0.15) is 0 Å². The van der Waals surface area contributed by atoms with Gasteiger partial charge in [-0.25, -0.2) is 0 Å². The van der Waals surface area contributed by atoms with E-state index in [0.717, 1.165) is 42.0 Å². The van der Waals surface area contributed by atoms with Crippen molar-refractivity contribution in [3.8, 4) is 5.69 Å². The van der Waals surface area contributed by atoms with Crippen LogP contribution in [0, 0.1) is 20.8 Å². The number of carbonyl (C=O) groups is 1. The lowest BCUT2D eigenvalue weighted by atomic mass is 10.0. The molecule has 1 fully saturated rings. The van der Waals surface area contributed by atoms with E-state index in [1.165, 1.54) is 12.0 Å². The van der Waals surface area contributed by atoms with Gasteiger partial charge in [-0.1, -0.05) is 12.1 Å². The summed E-state index contributed by atoms with van der Waals surface area (Å²) in [6.07, 6.45) is 3.46. The molecule has 1 amide bonds. The van der Waals surface area contributed by atoms with Gasteiger partial charge in [-0.05, 0) is 70.7 Å². The zero-order valence-electron chi connectivity index (χ0n) is 14.6. The van der Waals surface area contributed by atoms with Crippen LogP contribution in [0.4, 0.5) is 0 Å². The number of hydrogen-bond donors (Lipinski definition) is 0. The van der Waals surface area contributed by atoms with Crippen LogP contribution in [0.2, 0.25) is 0 Å². The molecule has 1 unspecified atom stereocenters. The maximum absolute atomic E-state index is 13.0. The second-order valence-electron chi connectivity index (χ2n) is 6.80. The number of nitrogens with zero attached hydrogens (tertiary/aromatic N) is 2. The number of likely N-dealkylation sites (tertiary alicyclic amines) is 1. The Balaban J connectivity index is 1.99. The fraction of sp³-hybridized carbons (Fsp3) is 0.450. The van der Waals surface area contributed by atoms with Crippen LogP contribution in [0.5, 0.6) is 0 Å². The Morgan fingerprint density at radius 1 is 1.13 bits per heavy atom. The van der Waals surface area contributed by atoms with E-state index in [1.54, 1.807) is 0 Å². The molecule has 1 saturated heterocycles. The van der Waals surface area contributed by atoms with Gasteiger partial charge in [0.2, 0.25) is 0 Å². The normalized spacial score (nSPS) is 18.3. The van der Waals surface area contributed by atoms with Crippen LogP contribution >= 0.6 is 0 Å². The largest absolute Gasteiger partial charge is 0.336 e. The molecule has 0 N–H and O–H groups in total. The highest BCUT2D eigenvalue weighted by Crippen LogP contribution is 2.25. The lowest BCUT2D eigenvalue weighted by Crippen LogP contribution is -2.42. The number of aryl methyl sites for hydroxylation is 2. The highest BCUT2D eigenvalue weighted by atomic mass is 16.2. The number of hydrogen-bond acceptors (Lipinski definition) is 1. The predicted octanol–water partition coefficient (Wildman–Crippen LogP) is 4.42. The highest BCUT2D eigenvalue weighted by molar-refractivity contribution is 5.96. The Bertz CT molecular complexity index is 729.